The summed E-state index contributed by atoms with van der Waals surface area (Å²) in [5, 5.41) is 0. The van der Waals surface area contributed by atoms with Crippen molar-refractivity contribution in [1.29, 1.82) is 0 Å². The fourth-order valence-corrected chi connectivity index (χ4v) is 4.39. The van der Waals surface area contributed by atoms with Crippen molar-refractivity contribution in [3.05, 3.63) is 71.3 Å². The molecule has 1 saturated heterocycles. The molecule has 3 rings (SSSR count). The number of halogens is 2. The summed E-state index contributed by atoms with van der Waals surface area (Å²) in [6.07, 6.45) is 0. The summed E-state index contributed by atoms with van der Waals surface area (Å²) >= 11 is 0. The minimum Gasteiger partial charge on any atom is -0.336 e. The van der Waals surface area contributed by atoms with Gasteiger partial charge in [0.2, 0.25) is 10.0 Å². The molecule has 0 saturated carbocycles. The first-order valence-electron chi connectivity index (χ1n) is 8.13. The zero-order valence-electron chi connectivity index (χ0n) is 13.9. The Morgan fingerprint density at radius 1 is 0.962 bits per heavy atom. The molecular formula is C18H18F2N2O3S. The molecule has 0 spiro atoms. The lowest BCUT2D eigenvalue weighted by Gasteiger charge is -2.34. The van der Waals surface area contributed by atoms with Gasteiger partial charge < -0.3 is 4.90 Å². The second kappa shape index (κ2) is 7.51. The third-order valence-corrected chi connectivity index (χ3v) is 6.12. The van der Waals surface area contributed by atoms with Gasteiger partial charge in [0.15, 0.2) is 0 Å². The third-order valence-electron chi connectivity index (χ3n) is 4.27. The Hall–Kier alpha value is -2.32. The van der Waals surface area contributed by atoms with Crippen LogP contribution in [0, 0.1) is 11.6 Å². The van der Waals surface area contributed by atoms with Crippen LogP contribution in [0.5, 0.6) is 0 Å². The average Bonchev–Trinajstić information content (AvgIpc) is 2.62. The van der Waals surface area contributed by atoms with Gasteiger partial charge in [-0.15, -0.1) is 0 Å². The Morgan fingerprint density at radius 2 is 1.62 bits per heavy atom. The van der Waals surface area contributed by atoms with Crippen molar-refractivity contribution in [2.24, 2.45) is 0 Å². The number of benzene rings is 2. The number of carbonyl (C=O) groups is 1. The van der Waals surface area contributed by atoms with Gasteiger partial charge in [0.25, 0.3) is 5.91 Å². The number of amides is 1. The quantitative estimate of drug-likeness (QED) is 0.818. The van der Waals surface area contributed by atoms with Gasteiger partial charge >= 0.3 is 0 Å². The second-order valence-electron chi connectivity index (χ2n) is 6.06. The normalized spacial score (nSPS) is 15.8. The Bertz CT molecular complexity index is 896. The molecule has 1 amide bonds. The molecule has 26 heavy (non-hydrogen) atoms. The first-order valence-corrected chi connectivity index (χ1v) is 9.74. The van der Waals surface area contributed by atoms with Gasteiger partial charge in [-0.05, 0) is 17.7 Å². The van der Waals surface area contributed by atoms with E-state index in [0.717, 1.165) is 12.1 Å². The van der Waals surface area contributed by atoms with Gasteiger partial charge in [-0.25, -0.2) is 17.2 Å². The van der Waals surface area contributed by atoms with Crippen molar-refractivity contribution in [3.63, 3.8) is 0 Å². The van der Waals surface area contributed by atoms with Gasteiger partial charge in [-0.3, -0.25) is 4.79 Å². The van der Waals surface area contributed by atoms with Gasteiger partial charge in [0.1, 0.15) is 11.6 Å². The first kappa shape index (κ1) is 18.5. The fraction of sp³-hybridized carbons (Fsp3) is 0.278. The van der Waals surface area contributed by atoms with Crippen molar-refractivity contribution in [1.82, 2.24) is 9.21 Å². The molecule has 0 aromatic heterocycles. The van der Waals surface area contributed by atoms with Gasteiger partial charge in [-0.1, -0.05) is 30.3 Å². The van der Waals surface area contributed by atoms with Crippen LogP contribution in [0.3, 0.4) is 0 Å². The molecule has 1 fully saturated rings. The maximum atomic E-state index is 13.8. The Balaban J connectivity index is 1.64. The molecule has 1 aliphatic heterocycles. The van der Waals surface area contributed by atoms with Gasteiger partial charge in [0, 0.05) is 32.2 Å². The molecule has 0 N–H and O–H groups in total. The van der Waals surface area contributed by atoms with E-state index in [0.29, 0.717) is 11.6 Å². The number of rotatable bonds is 4. The summed E-state index contributed by atoms with van der Waals surface area (Å²) in [7, 11) is -3.49. The average molecular weight is 380 g/mol. The van der Waals surface area contributed by atoms with Crippen molar-refractivity contribution in [2.45, 2.75) is 5.75 Å². The van der Waals surface area contributed by atoms with Gasteiger partial charge in [-0.2, -0.15) is 4.31 Å². The summed E-state index contributed by atoms with van der Waals surface area (Å²) in [5.74, 6) is -2.35. The van der Waals surface area contributed by atoms with Gasteiger partial charge in [0.05, 0.1) is 11.3 Å². The number of nitrogens with zero attached hydrogens (tertiary/aromatic N) is 2. The van der Waals surface area contributed by atoms with Crippen LogP contribution < -0.4 is 0 Å². The highest BCUT2D eigenvalue weighted by molar-refractivity contribution is 7.88. The first-order chi connectivity index (χ1) is 12.4. The monoisotopic (exact) mass is 380 g/mol. The summed E-state index contributed by atoms with van der Waals surface area (Å²) in [6, 6.07) is 11.6. The number of sulfonamides is 1. The SMILES string of the molecule is O=C(c1ccc(F)cc1F)N1CCN(S(=O)(=O)Cc2ccccc2)CC1. The smallest absolute Gasteiger partial charge is 0.256 e. The highest BCUT2D eigenvalue weighted by Gasteiger charge is 2.30. The molecule has 0 unspecified atom stereocenters. The van der Waals surface area contributed by atoms with E-state index in [1.54, 1.807) is 24.3 Å². The van der Waals surface area contributed by atoms with Crippen LogP contribution in [0.1, 0.15) is 15.9 Å². The maximum absolute atomic E-state index is 13.8. The molecule has 0 radical (unpaired) electrons. The number of piperazine rings is 1. The Labute approximate surface area is 150 Å². The molecule has 2 aromatic carbocycles. The molecule has 1 heterocycles. The number of hydrogen-bond acceptors (Lipinski definition) is 3. The molecule has 2 aromatic rings. The summed E-state index contributed by atoms with van der Waals surface area (Å²) in [6.45, 7) is 0.598. The standard InChI is InChI=1S/C18H18F2N2O3S/c19-15-6-7-16(17(20)12-15)18(23)21-8-10-22(11-9-21)26(24,25)13-14-4-2-1-3-5-14/h1-7,12H,8-11,13H2. The lowest BCUT2D eigenvalue weighted by Crippen LogP contribution is -2.50. The molecule has 5 nitrogen and oxygen atoms in total. The van der Waals surface area contributed by atoms with Crippen LogP contribution in [-0.4, -0.2) is 49.7 Å². The topological polar surface area (TPSA) is 57.7 Å². The van der Waals surface area contributed by atoms with E-state index < -0.39 is 27.6 Å². The van der Waals surface area contributed by atoms with Crippen LogP contribution in [0.2, 0.25) is 0 Å². The van der Waals surface area contributed by atoms with Crippen LogP contribution in [0.25, 0.3) is 0 Å². The minimum absolute atomic E-state index is 0.103. The van der Waals surface area contributed by atoms with Crippen molar-refractivity contribution in [2.75, 3.05) is 26.2 Å². The van der Waals surface area contributed by atoms with E-state index in [2.05, 4.69) is 0 Å². The molecule has 0 bridgehead atoms. The maximum Gasteiger partial charge on any atom is 0.256 e. The van der Waals surface area contributed by atoms with E-state index in [-0.39, 0.29) is 37.5 Å². The van der Waals surface area contributed by atoms with Crippen LogP contribution in [-0.2, 0) is 15.8 Å². The number of hydrogen-bond donors (Lipinski definition) is 0. The largest absolute Gasteiger partial charge is 0.336 e. The molecule has 8 heteroatoms. The molecule has 0 atom stereocenters. The van der Waals surface area contributed by atoms with Crippen molar-refractivity contribution >= 4 is 15.9 Å². The molecule has 1 aliphatic rings. The van der Waals surface area contributed by atoms with Crippen molar-refractivity contribution in [3.8, 4) is 0 Å². The van der Waals surface area contributed by atoms with Crippen molar-refractivity contribution < 1.29 is 22.0 Å². The minimum atomic E-state index is -3.49. The van der Waals surface area contributed by atoms with E-state index in [4.69, 9.17) is 0 Å². The van der Waals surface area contributed by atoms with E-state index in [1.807, 2.05) is 6.07 Å². The zero-order chi connectivity index (χ0) is 18.7. The highest BCUT2D eigenvalue weighted by atomic mass is 32.2. The molecular weight excluding hydrogens is 362 g/mol. The lowest BCUT2D eigenvalue weighted by atomic mass is 10.1. The van der Waals surface area contributed by atoms with Crippen LogP contribution >= 0.6 is 0 Å². The predicted octanol–water partition coefficient (Wildman–Crippen LogP) is 2.25. The van der Waals surface area contributed by atoms with E-state index in [9.17, 15) is 22.0 Å². The van der Waals surface area contributed by atoms with E-state index in [1.165, 1.54) is 9.21 Å². The molecule has 138 valence electrons. The number of carbonyl (C=O) groups excluding carboxylic acids is 1. The predicted molar refractivity (Wildman–Crippen MR) is 92.9 cm³/mol. The zero-order valence-corrected chi connectivity index (χ0v) is 14.8. The molecule has 0 aliphatic carbocycles. The third kappa shape index (κ3) is 4.08. The van der Waals surface area contributed by atoms with E-state index >= 15 is 0 Å². The second-order valence-corrected chi connectivity index (χ2v) is 8.03. The highest BCUT2D eigenvalue weighted by Crippen LogP contribution is 2.17. The van der Waals surface area contributed by atoms with Crippen LogP contribution in [0.15, 0.2) is 48.5 Å². The summed E-state index contributed by atoms with van der Waals surface area (Å²) in [5.41, 5.74) is 0.478. The summed E-state index contributed by atoms with van der Waals surface area (Å²) < 4.78 is 53.1. The Kier molecular flexibility index (Phi) is 5.33. The summed E-state index contributed by atoms with van der Waals surface area (Å²) in [4.78, 5) is 13.8. The fourth-order valence-electron chi connectivity index (χ4n) is 2.88. The lowest BCUT2D eigenvalue weighted by molar-refractivity contribution is 0.0693. The Morgan fingerprint density at radius 3 is 2.23 bits per heavy atom. The van der Waals surface area contributed by atoms with Crippen LogP contribution in [0.4, 0.5) is 8.78 Å².